The number of halogens is 3. The maximum Gasteiger partial charge on any atom is 0.268 e. The van der Waals surface area contributed by atoms with Gasteiger partial charge in [0.05, 0.1) is 6.67 Å². The van der Waals surface area contributed by atoms with Gasteiger partial charge < -0.3 is 16.2 Å². The number of nitrogens with one attached hydrogen (secondary N) is 1. The van der Waals surface area contributed by atoms with Crippen molar-refractivity contribution in [3.05, 3.63) is 0 Å². The monoisotopic (exact) mass is 254 g/mol. The van der Waals surface area contributed by atoms with E-state index in [0.29, 0.717) is 0 Å². The van der Waals surface area contributed by atoms with Gasteiger partial charge in [-0.15, -0.1) is 0 Å². The van der Waals surface area contributed by atoms with E-state index in [-0.39, 0.29) is 18.6 Å². The summed E-state index contributed by atoms with van der Waals surface area (Å²) in [5.74, 6) is 0. The molecule has 3 nitrogen and oxygen atoms in total. The van der Waals surface area contributed by atoms with E-state index >= 15 is 0 Å². The quantitative estimate of drug-likeness (QED) is 0.667. The van der Waals surface area contributed by atoms with Gasteiger partial charge in [-0.2, -0.15) is 0 Å². The molecule has 4 N–H and O–H groups in total. The largest absolute Gasteiger partial charge is 0.382 e. The molecular formula is C11H21F3N2O. The van der Waals surface area contributed by atoms with Gasteiger partial charge in [0, 0.05) is 25.0 Å². The molecule has 6 heteroatoms. The van der Waals surface area contributed by atoms with Crippen LogP contribution in [0.15, 0.2) is 0 Å². The molecule has 0 bridgehead atoms. The van der Waals surface area contributed by atoms with Crippen molar-refractivity contribution in [3.8, 4) is 0 Å². The minimum atomic E-state index is -2.93. The lowest BCUT2D eigenvalue weighted by molar-refractivity contribution is -0.103. The normalized spacial score (nSPS) is 29.3. The van der Waals surface area contributed by atoms with E-state index in [4.69, 9.17) is 5.73 Å². The number of hydrogen-bond acceptors (Lipinski definition) is 3. The van der Waals surface area contributed by atoms with Gasteiger partial charge in [0.1, 0.15) is 5.60 Å². The molecule has 0 aromatic heterocycles. The molecule has 0 spiro atoms. The average molecular weight is 254 g/mol. The molecular weight excluding hydrogens is 233 g/mol. The molecule has 0 radical (unpaired) electrons. The molecule has 1 aliphatic rings. The Morgan fingerprint density at radius 1 is 1.29 bits per heavy atom. The predicted molar refractivity (Wildman–Crippen MR) is 59.8 cm³/mol. The summed E-state index contributed by atoms with van der Waals surface area (Å²) in [6.45, 7) is -1.22. The lowest BCUT2D eigenvalue weighted by Crippen LogP contribution is -2.50. The van der Waals surface area contributed by atoms with Gasteiger partial charge in [-0.3, -0.25) is 4.39 Å². The van der Waals surface area contributed by atoms with Crippen molar-refractivity contribution in [1.82, 2.24) is 5.32 Å². The van der Waals surface area contributed by atoms with Crippen molar-refractivity contribution in [3.63, 3.8) is 0 Å². The van der Waals surface area contributed by atoms with E-state index in [0.717, 1.165) is 25.7 Å². The highest BCUT2D eigenvalue weighted by atomic mass is 19.3. The second-order valence-corrected chi connectivity index (χ2v) is 4.84. The minimum absolute atomic E-state index is 0.0969. The van der Waals surface area contributed by atoms with Crippen LogP contribution in [-0.2, 0) is 0 Å². The van der Waals surface area contributed by atoms with Gasteiger partial charge in [0.25, 0.3) is 6.43 Å². The van der Waals surface area contributed by atoms with Crippen LogP contribution >= 0.6 is 0 Å². The summed E-state index contributed by atoms with van der Waals surface area (Å²) in [6, 6.07) is 0.285. The number of nitrogens with two attached hydrogens (primary N) is 1. The Morgan fingerprint density at radius 3 is 2.35 bits per heavy atom. The zero-order valence-corrected chi connectivity index (χ0v) is 9.84. The Kier molecular flexibility index (Phi) is 5.69. The van der Waals surface area contributed by atoms with Gasteiger partial charge >= 0.3 is 0 Å². The van der Waals surface area contributed by atoms with Crippen molar-refractivity contribution in [2.45, 2.75) is 56.2 Å². The highest BCUT2D eigenvalue weighted by molar-refractivity contribution is 4.87. The summed E-state index contributed by atoms with van der Waals surface area (Å²) in [6.07, 6.45) is -0.130. The SMILES string of the molecule is NC1CCC(NCC(O)(CCF)C(F)F)CC1. The van der Waals surface area contributed by atoms with E-state index in [1.165, 1.54) is 0 Å². The molecule has 1 aliphatic carbocycles. The van der Waals surface area contributed by atoms with Crippen molar-refractivity contribution >= 4 is 0 Å². The summed E-state index contributed by atoms with van der Waals surface area (Å²) in [7, 11) is 0. The molecule has 0 aromatic rings. The summed E-state index contributed by atoms with van der Waals surface area (Å²) >= 11 is 0. The smallest absolute Gasteiger partial charge is 0.268 e. The van der Waals surface area contributed by atoms with E-state index in [2.05, 4.69) is 5.32 Å². The number of hydrogen-bond donors (Lipinski definition) is 3. The molecule has 0 aromatic carbocycles. The van der Waals surface area contributed by atoms with Gasteiger partial charge in [0.15, 0.2) is 0 Å². The van der Waals surface area contributed by atoms with E-state index in [1.807, 2.05) is 0 Å². The van der Waals surface area contributed by atoms with Gasteiger partial charge in [-0.1, -0.05) is 0 Å². The Hall–Kier alpha value is -0.330. The topological polar surface area (TPSA) is 58.3 Å². The zero-order chi connectivity index (χ0) is 12.9. The second-order valence-electron chi connectivity index (χ2n) is 4.84. The van der Waals surface area contributed by atoms with Crippen LogP contribution in [0.5, 0.6) is 0 Å². The molecule has 0 saturated heterocycles. The maximum absolute atomic E-state index is 12.6. The summed E-state index contributed by atoms with van der Waals surface area (Å²) in [5.41, 5.74) is 3.47. The second kappa shape index (κ2) is 6.56. The molecule has 17 heavy (non-hydrogen) atoms. The van der Waals surface area contributed by atoms with E-state index in [9.17, 15) is 18.3 Å². The summed E-state index contributed by atoms with van der Waals surface area (Å²) in [5, 5.41) is 12.5. The molecule has 0 amide bonds. The molecule has 0 aliphatic heterocycles. The lowest BCUT2D eigenvalue weighted by Gasteiger charge is -2.32. The van der Waals surface area contributed by atoms with Gasteiger partial charge in [-0.05, 0) is 25.7 Å². The standard InChI is InChI=1S/C11H21F3N2O/c12-6-5-11(17,10(13)14)7-16-9-3-1-8(15)2-4-9/h8-10,16-17H,1-7,15H2. The van der Waals surface area contributed by atoms with Gasteiger partial charge in [-0.25, -0.2) is 8.78 Å². The van der Waals surface area contributed by atoms with Crippen LogP contribution in [0, 0.1) is 0 Å². The Morgan fingerprint density at radius 2 is 1.88 bits per heavy atom. The lowest BCUT2D eigenvalue weighted by atomic mass is 9.91. The third kappa shape index (κ3) is 4.44. The van der Waals surface area contributed by atoms with Crippen LogP contribution in [0.4, 0.5) is 13.2 Å². The van der Waals surface area contributed by atoms with Crippen LogP contribution in [-0.4, -0.2) is 42.4 Å². The average Bonchev–Trinajstić information content (AvgIpc) is 2.28. The molecule has 1 fully saturated rings. The highest BCUT2D eigenvalue weighted by Gasteiger charge is 2.37. The Labute approximate surface area is 99.6 Å². The zero-order valence-electron chi connectivity index (χ0n) is 9.84. The number of aliphatic hydroxyl groups is 1. The summed E-state index contributed by atoms with van der Waals surface area (Å²) in [4.78, 5) is 0. The molecule has 0 heterocycles. The van der Waals surface area contributed by atoms with Crippen LogP contribution in [0.1, 0.15) is 32.1 Å². The predicted octanol–water partition coefficient (Wildman–Crippen LogP) is 1.20. The third-order valence-electron chi connectivity index (χ3n) is 3.40. The first kappa shape index (κ1) is 14.7. The first-order chi connectivity index (χ1) is 7.98. The van der Waals surface area contributed by atoms with Gasteiger partial charge in [0.2, 0.25) is 0 Å². The molecule has 102 valence electrons. The molecule has 1 atom stereocenters. The summed E-state index contributed by atoms with van der Waals surface area (Å²) < 4.78 is 37.3. The van der Waals surface area contributed by atoms with Crippen LogP contribution in [0.25, 0.3) is 0 Å². The van der Waals surface area contributed by atoms with E-state index in [1.54, 1.807) is 0 Å². The van der Waals surface area contributed by atoms with Crippen LogP contribution in [0.2, 0.25) is 0 Å². The van der Waals surface area contributed by atoms with Crippen molar-refractivity contribution < 1.29 is 18.3 Å². The minimum Gasteiger partial charge on any atom is -0.382 e. The fraction of sp³-hybridized carbons (Fsp3) is 1.00. The maximum atomic E-state index is 12.6. The third-order valence-corrected chi connectivity index (χ3v) is 3.40. The number of rotatable bonds is 6. The fourth-order valence-electron chi connectivity index (χ4n) is 2.08. The fourth-order valence-corrected chi connectivity index (χ4v) is 2.08. The number of alkyl halides is 3. The van der Waals surface area contributed by atoms with Crippen molar-refractivity contribution in [2.24, 2.45) is 5.73 Å². The van der Waals surface area contributed by atoms with Crippen molar-refractivity contribution in [2.75, 3.05) is 13.2 Å². The molecule has 1 rings (SSSR count). The Bertz CT molecular complexity index is 223. The first-order valence-corrected chi connectivity index (χ1v) is 6.03. The molecule has 1 saturated carbocycles. The molecule has 1 unspecified atom stereocenters. The van der Waals surface area contributed by atoms with Crippen molar-refractivity contribution in [1.29, 1.82) is 0 Å². The first-order valence-electron chi connectivity index (χ1n) is 6.03. The highest BCUT2D eigenvalue weighted by Crippen LogP contribution is 2.22. The van der Waals surface area contributed by atoms with Crippen LogP contribution < -0.4 is 11.1 Å². The Balaban J connectivity index is 2.36. The van der Waals surface area contributed by atoms with E-state index < -0.39 is 25.1 Å². The van der Waals surface area contributed by atoms with Crippen LogP contribution in [0.3, 0.4) is 0 Å².